The van der Waals surface area contributed by atoms with Crippen LogP contribution in [0, 0.1) is 13.8 Å². The Balaban J connectivity index is 2.22. The second-order valence-electron chi connectivity index (χ2n) is 6.02. The topological polar surface area (TPSA) is 61.4 Å². The number of thiocarbonyl (C=S) groups is 1. The summed E-state index contributed by atoms with van der Waals surface area (Å²) in [6, 6.07) is 13.1. The Morgan fingerprint density at radius 3 is 2.19 bits per heavy atom. The predicted octanol–water partition coefficient (Wildman–Crippen LogP) is 4.14. The molecular formula is C19H25N3O2S2. The van der Waals surface area contributed by atoms with Crippen molar-refractivity contribution in [1.29, 1.82) is 0 Å². The van der Waals surface area contributed by atoms with E-state index in [0.717, 1.165) is 11.3 Å². The fourth-order valence-electron chi connectivity index (χ4n) is 2.67. The standard InChI is InChI=1S/C19H25N3O2S2/c1-5-22(6-2)26(23,24)18-13-17(11-10-15(18)4)21-19(25)20-16-9-7-8-14(3)12-16/h7-13H,5-6H2,1-4H3,(H2,20,21,25). The maximum Gasteiger partial charge on any atom is 0.243 e. The molecule has 26 heavy (non-hydrogen) atoms. The van der Waals surface area contributed by atoms with Gasteiger partial charge in [0.1, 0.15) is 0 Å². The Morgan fingerprint density at radius 1 is 1.00 bits per heavy atom. The van der Waals surface area contributed by atoms with E-state index in [-0.39, 0.29) is 0 Å². The van der Waals surface area contributed by atoms with E-state index in [4.69, 9.17) is 12.2 Å². The van der Waals surface area contributed by atoms with Crippen LogP contribution in [-0.2, 0) is 10.0 Å². The van der Waals surface area contributed by atoms with Crippen LogP contribution >= 0.6 is 12.2 Å². The Labute approximate surface area is 161 Å². The van der Waals surface area contributed by atoms with Crippen LogP contribution in [0.15, 0.2) is 47.4 Å². The predicted molar refractivity (Wildman–Crippen MR) is 112 cm³/mol. The molecule has 0 aliphatic heterocycles. The average Bonchev–Trinajstić information content (AvgIpc) is 2.57. The highest BCUT2D eigenvalue weighted by molar-refractivity contribution is 7.89. The van der Waals surface area contributed by atoms with E-state index in [1.807, 2.05) is 51.1 Å². The summed E-state index contributed by atoms with van der Waals surface area (Å²) in [6.07, 6.45) is 0. The Bertz CT molecular complexity index is 891. The van der Waals surface area contributed by atoms with Crippen LogP contribution < -0.4 is 10.6 Å². The lowest BCUT2D eigenvalue weighted by atomic mass is 10.2. The van der Waals surface area contributed by atoms with E-state index in [1.54, 1.807) is 19.1 Å². The highest BCUT2D eigenvalue weighted by atomic mass is 32.2. The fourth-order valence-corrected chi connectivity index (χ4v) is 4.62. The van der Waals surface area contributed by atoms with E-state index in [2.05, 4.69) is 10.6 Å². The van der Waals surface area contributed by atoms with Gasteiger partial charge >= 0.3 is 0 Å². The molecule has 2 rings (SSSR count). The van der Waals surface area contributed by atoms with E-state index in [9.17, 15) is 8.42 Å². The van der Waals surface area contributed by atoms with Gasteiger partial charge in [0.15, 0.2) is 5.11 Å². The van der Waals surface area contributed by atoms with Crippen molar-refractivity contribution in [3.63, 3.8) is 0 Å². The first-order valence-corrected chi connectivity index (χ1v) is 10.4. The van der Waals surface area contributed by atoms with E-state index >= 15 is 0 Å². The second-order valence-corrected chi connectivity index (χ2v) is 8.33. The van der Waals surface area contributed by atoms with Gasteiger partial charge in [-0.25, -0.2) is 8.42 Å². The summed E-state index contributed by atoms with van der Waals surface area (Å²) in [4.78, 5) is 0.296. The Morgan fingerprint density at radius 2 is 1.62 bits per heavy atom. The van der Waals surface area contributed by atoms with Crippen LogP contribution in [0.2, 0.25) is 0 Å². The van der Waals surface area contributed by atoms with Crippen LogP contribution in [0.5, 0.6) is 0 Å². The summed E-state index contributed by atoms with van der Waals surface area (Å²) < 4.78 is 27.1. The minimum atomic E-state index is -3.53. The molecule has 0 saturated heterocycles. The molecule has 0 aromatic heterocycles. The van der Waals surface area contributed by atoms with Crippen molar-refractivity contribution >= 4 is 38.7 Å². The number of benzene rings is 2. The average molecular weight is 392 g/mol. The molecule has 2 aromatic carbocycles. The van der Waals surface area contributed by atoms with Crippen molar-refractivity contribution in [2.24, 2.45) is 0 Å². The molecule has 5 nitrogen and oxygen atoms in total. The maximum atomic E-state index is 12.8. The lowest BCUT2D eigenvalue weighted by molar-refractivity contribution is 0.445. The lowest BCUT2D eigenvalue weighted by Crippen LogP contribution is -2.31. The zero-order chi connectivity index (χ0) is 19.3. The summed E-state index contributed by atoms with van der Waals surface area (Å²) in [7, 11) is -3.53. The Hall–Kier alpha value is -1.96. The van der Waals surface area contributed by atoms with Crippen molar-refractivity contribution in [3.05, 3.63) is 53.6 Å². The minimum Gasteiger partial charge on any atom is -0.332 e. The van der Waals surface area contributed by atoms with Crippen LogP contribution in [0.3, 0.4) is 0 Å². The SMILES string of the molecule is CCN(CC)S(=O)(=O)c1cc(NC(=S)Nc2cccc(C)c2)ccc1C. The minimum absolute atomic E-state index is 0.296. The molecular weight excluding hydrogens is 366 g/mol. The van der Waals surface area contributed by atoms with Gasteiger partial charge < -0.3 is 10.6 Å². The highest BCUT2D eigenvalue weighted by Gasteiger charge is 2.23. The van der Waals surface area contributed by atoms with Crippen molar-refractivity contribution in [3.8, 4) is 0 Å². The third-order valence-corrected chi connectivity index (χ3v) is 6.44. The van der Waals surface area contributed by atoms with E-state index in [1.165, 1.54) is 4.31 Å². The molecule has 0 radical (unpaired) electrons. The van der Waals surface area contributed by atoms with Gasteiger partial charge in [-0.05, 0) is 61.5 Å². The van der Waals surface area contributed by atoms with Crippen LogP contribution in [0.4, 0.5) is 11.4 Å². The number of nitrogens with zero attached hydrogens (tertiary/aromatic N) is 1. The van der Waals surface area contributed by atoms with Crippen molar-refractivity contribution in [1.82, 2.24) is 4.31 Å². The maximum absolute atomic E-state index is 12.8. The number of nitrogens with one attached hydrogen (secondary N) is 2. The number of sulfonamides is 1. The molecule has 0 fully saturated rings. The van der Waals surface area contributed by atoms with Gasteiger partial charge in [-0.15, -0.1) is 0 Å². The van der Waals surface area contributed by atoms with Crippen LogP contribution in [0.1, 0.15) is 25.0 Å². The molecule has 0 spiro atoms. The molecule has 0 heterocycles. The van der Waals surface area contributed by atoms with Crippen LogP contribution in [-0.4, -0.2) is 30.9 Å². The summed E-state index contributed by atoms with van der Waals surface area (Å²) in [6.45, 7) is 8.33. The first-order chi connectivity index (χ1) is 12.3. The first-order valence-electron chi connectivity index (χ1n) is 8.53. The van der Waals surface area contributed by atoms with E-state index < -0.39 is 10.0 Å². The zero-order valence-corrected chi connectivity index (χ0v) is 17.2. The van der Waals surface area contributed by atoms with E-state index in [0.29, 0.717) is 34.3 Å². The molecule has 0 amide bonds. The molecule has 0 aliphatic rings. The lowest BCUT2D eigenvalue weighted by Gasteiger charge is -2.20. The molecule has 2 N–H and O–H groups in total. The highest BCUT2D eigenvalue weighted by Crippen LogP contribution is 2.24. The smallest absolute Gasteiger partial charge is 0.243 e. The molecule has 140 valence electrons. The summed E-state index contributed by atoms with van der Waals surface area (Å²) in [5.74, 6) is 0. The zero-order valence-electron chi connectivity index (χ0n) is 15.5. The van der Waals surface area contributed by atoms with Gasteiger partial charge in [0.05, 0.1) is 4.90 Å². The normalized spacial score (nSPS) is 11.4. The van der Waals surface area contributed by atoms with Gasteiger partial charge in [-0.3, -0.25) is 0 Å². The van der Waals surface area contributed by atoms with Gasteiger partial charge in [-0.2, -0.15) is 4.31 Å². The molecule has 0 bridgehead atoms. The first kappa shape index (κ1) is 20.4. The molecule has 2 aromatic rings. The van der Waals surface area contributed by atoms with Crippen LogP contribution in [0.25, 0.3) is 0 Å². The molecule has 7 heteroatoms. The number of anilines is 2. The number of hydrogen-bond acceptors (Lipinski definition) is 3. The van der Waals surface area contributed by atoms with Gasteiger partial charge in [0.2, 0.25) is 10.0 Å². The monoisotopic (exact) mass is 391 g/mol. The third kappa shape index (κ3) is 4.81. The molecule has 0 atom stereocenters. The van der Waals surface area contributed by atoms with Gasteiger partial charge in [0.25, 0.3) is 0 Å². The van der Waals surface area contributed by atoms with Crippen molar-refractivity contribution in [2.45, 2.75) is 32.6 Å². The second kappa shape index (κ2) is 8.62. The molecule has 0 unspecified atom stereocenters. The summed E-state index contributed by atoms with van der Waals surface area (Å²) >= 11 is 5.35. The van der Waals surface area contributed by atoms with Crippen molar-refractivity contribution in [2.75, 3.05) is 23.7 Å². The van der Waals surface area contributed by atoms with Gasteiger partial charge in [-0.1, -0.05) is 32.0 Å². The largest absolute Gasteiger partial charge is 0.332 e. The van der Waals surface area contributed by atoms with Crippen molar-refractivity contribution < 1.29 is 8.42 Å². The summed E-state index contributed by atoms with van der Waals surface area (Å²) in [5.41, 5.74) is 3.35. The number of aryl methyl sites for hydroxylation is 2. The van der Waals surface area contributed by atoms with Gasteiger partial charge in [0, 0.05) is 24.5 Å². The summed E-state index contributed by atoms with van der Waals surface area (Å²) in [5, 5.41) is 6.58. The quantitative estimate of drug-likeness (QED) is 0.725. The molecule has 0 saturated carbocycles. The number of hydrogen-bond donors (Lipinski definition) is 2. The molecule has 0 aliphatic carbocycles. The third-order valence-electron chi connectivity index (χ3n) is 4.05. The fraction of sp³-hybridized carbons (Fsp3) is 0.316. The number of rotatable bonds is 6. The Kier molecular flexibility index (Phi) is 6.75.